The van der Waals surface area contributed by atoms with E-state index in [1.165, 1.54) is 43.2 Å². The van der Waals surface area contributed by atoms with Crippen molar-refractivity contribution in [3.8, 4) is 11.5 Å². The fraction of sp³-hybridized carbons (Fsp3) is 0.333. The van der Waals surface area contributed by atoms with Crippen molar-refractivity contribution in [3.05, 3.63) is 77.2 Å². The van der Waals surface area contributed by atoms with Gasteiger partial charge in [-0.2, -0.15) is 4.39 Å². The van der Waals surface area contributed by atoms with Crippen LogP contribution in [0.25, 0.3) is 0 Å². The second kappa shape index (κ2) is 12.1. The van der Waals surface area contributed by atoms with Gasteiger partial charge in [-0.05, 0) is 36.8 Å². The smallest absolute Gasteiger partial charge is 0.407 e. The summed E-state index contributed by atoms with van der Waals surface area (Å²) in [5, 5.41) is 9.31. The average Bonchev–Trinajstić information content (AvgIpc) is 3.43. The van der Waals surface area contributed by atoms with Gasteiger partial charge in [-0.15, -0.1) is 0 Å². The molecule has 3 aromatic rings. The highest BCUT2D eigenvalue weighted by Crippen LogP contribution is 2.33. The molecule has 0 radical (unpaired) electrons. The predicted molar refractivity (Wildman–Crippen MR) is 145 cm³/mol. The Hall–Kier alpha value is -4.20. The molecular formula is C27H29F3N4O6S. The van der Waals surface area contributed by atoms with Crippen LogP contribution in [-0.4, -0.2) is 69.9 Å². The van der Waals surface area contributed by atoms with E-state index in [0.29, 0.717) is 29.5 Å². The average molecular weight is 595 g/mol. The Morgan fingerprint density at radius 2 is 1.88 bits per heavy atom. The van der Waals surface area contributed by atoms with Crippen LogP contribution in [0.2, 0.25) is 0 Å². The number of methoxy groups -OCH3 is 2. The number of nitrogens with zero attached hydrogens (tertiary/aromatic N) is 4. The summed E-state index contributed by atoms with van der Waals surface area (Å²) in [6, 6.07) is 9.50. The van der Waals surface area contributed by atoms with Gasteiger partial charge < -0.3 is 24.4 Å². The van der Waals surface area contributed by atoms with Gasteiger partial charge in [0.1, 0.15) is 29.0 Å². The van der Waals surface area contributed by atoms with Crippen LogP contribution in [0.1, 0.15) is 17.5 Å². The monoisotopic (exact) mass is 594 g/mol. The van der Waals surface area contributed by atoms with Gasteiger partial charge in [0.15, 0.2) is 0 Å². The number of carboxylic acid groups (broad SMARTS) is 1. The molecular weight excluding hydrogens is 565 g/mol. The third-order valence-electron chi connectivity index (χ3n) is 6.92. The lowest BCUT2D eigenvalue weighted by Gasteiger charge is -2.30. The molecule has 0 saturated carbocycles. The lowest BCUT2D eigenvalue weighted by molar-refractivity contribution is 0.155. The predicted octanol–water partition coefficient (Wildman–Crippen LogP) is 4.24. The quantitative estimate of drug-likeness (QED) is 0.347. The summed E-state index contributed by atoms with van der Waals surface area (Å²) in [6.45, 7) is -0.0542. The first-order valence-electron chi connectivity index (χ1n) is 12.5. The van der Waals surface area contributed by atoms with E-state index in [1.807, 2.05) is 0 Å². The summed E-state index contributed by atoms with van der Waals surface area (Å²) in [5.74, 6) is -3.39. The van der Waals surface area contributed by atoms with Gasteiger partial charge in [-0.1, -0.05) is 6.07 Å². The number of amides is 1. The molecule has 2 heterocycles. The molecule has 0 bridgehead atoms. The summed E-state index contributed by atoms with van der Waals surface area (Å²) in [5.41, 5.74) is 0.0165. The van der Waals surface area contributed by atoms with Crippen molar-refractivity contribution in [1.29, 1.82) is 0 Å². The van der Waals surface area contributed by atoms with E-state index in [-0.39, 0.29) is 36.7 Å². The number of sulfonamides is 1. The standard InChI is InChI=1S/C27H29F3N4O6S/c1-32(19-9-10-33(15-19)27(35)36)23-12-18(28)11-22(29)21(23)16-41(37,38)34(26-6-4-5-25(30)31-26)14-17-7-8-20(39-2)13-24(17)40-3/h4-8,11-13,19H,9-10,14-16H2,1-3H3,(H,35,36). The van der Waals surface area contributed by atoms with Gasteiger partial charge in [0.2, 0.25) is 16.0 Å². The van der Waals surface area contributed by atoms with Crippen molar-refractivity contribution in [2.75, 3.05) is 43.6 Å². The second-order valence-corrected chi connectivity index (χ2v) is 11.3. The minimum atomic E-state index is -4.50. The number of anilines is 2. The maximum Gasteiger partial charge on any atom is 0.407 e. The number of hydrogen-bond acceptors (Lipinski definition) is 7. The van der Waals surface area contributed by atoms with Crippen molar-refractivity contribution < 1.29 is 41.0 Å². The Bertz CT molecular complexity index is 1540. The molecule has 1 aromatic heterocycles. The topological polar surface area (TPSA) is 113 Å². The van der Waals surface area contributed by atoms with Crippen LogP contribution in [0.15, 0.2) is 48.5 Å². The van der Waals surface area contributed by atoms with Crippen molar-refractivity contribution in [1.82, 2.24) is 9.88 Å². The molecule has 1 amide bonds. The molecule has 220 valence electrons. The zero-order valence-electron chi connectivity index (χ0n) is 22.6. The van der Waals surface area contributed by atoms with Crippen LogP contribution >= 0.6 is 0 Å². The molecule has 0 aliphatic carbocycles. The normalized spacial score (nSPS) is 15.1. The van der Waals surface area contributed by atoms with E-state index in [1.54, 1.807) is 18.2 Å². The van der Waals surface area contributed by atoms with Gasteiger partial charge in [-0.3, -0.25) is 0 Å². The molecule has 2 aromatic carbocycles. The van der Waals surface area contributed by atoms with Crippen molar-refractivity contribution in [2.45, 2.75) is 24.8 Å². The SMILES string of the molecule is COc1ccc(CN(c2cccc(F)n2)S(=O)(=O)Cc2c(F)cc(F)cc2N(C)C2CCN(C(=O)O)C2)c(OC)c1. The Balaban J connectivity index is 1.75. The first-order chi connectivity index (χ1) is 19.4. The van der Waals surface area contributed by atoms with Gasteiger partial charge in [0, 0.05) is 55.1 Å². The Labute approximate surface area is 235 Å². The van der Waals surface area contributed by atoms with Crippen LogP contribution in [0.5, 0.6) is 11.5 Å². The molecule has 10 nitrogen and oxygen atoms in total. The minimum Gasteiger partial charge on any atom is -0.497 e. The molecule has 1 saturated heterocycles. The lowest BCUT2D eigenvalue weighted by atomic mass is 10.1. The highest BCUT2D eigenvalue weighted by atomic mass is 32.2. The number of hydrogen-bond donors (Lipinski definition) is 1. The zero-order chi connectivity index (χ0) is 29.9. The summed E-state index contributed by atoms with van der Waals surface area (Å²) in [4.78, 5) is 17.8. The first-order valence-corrected chi connectivity index (χ1v) is 14.1. The van der Waals surface area contributed by atoms with E-state index in [0.717, 1.165) is 16.4 Å². The van der Waals surface area contributed by atoms with Crippen molar-refractivity contribution in [3.63, 3.8) is 0 Å². The van der Waals surface area contributed by atoms with Gasteiger partial charge in [0.05, 0.1) is 26.5 Å². The van der Waals surface area contributed by atoms with Gasteiger partial charge in [-0.25, -0.2) is 31.3 Å². The lowest BCUT2D eigenvalue weighted by Crippen LogP contribution is -2.37. The molecule has 4 rings (SSSR count). The Morgan fingerprint density at radius 3 is 2.51 bits per heavy atom. The van der Waals surface area contributed by atoms with Gasteiger partial charge >= 0.3 is 6.09 Å². The minimum absolute atomic E-state index is 0.0440. The molecule has 1 fully saturated rings. The van der Waals surface area contributed by atoms with E-state index in [2.05, 4.69) is 4.98 Å². The number of likely N-dealkylation sites (tertiary alicyclic amines) is 1. The number of benzene rings is 2. The number of ether oxygens (including phenoxy) is 2. The maximum absolute atomic E-state index is 15.3. The van der Waals surface area contributed by atoms with E-state index < -0.39 is 45.5 Å². The van der Waals surface area contributed by atoms with Crippen molar-refractivity contribution in [2.24, 2.45) is 0 Å². The molecule has 0 spiro atoms. The number of carbonyl (C=O) groups is 1. The highest BCUT2D eigenvalue weighted by molar-refractivity contribution is 7.92. The molecule has 41 heavy (non-hydrogen) atoms. The third-order valence-corrected chi connectivity index (χ3v) is 8.57. The third kappa shape index (κ3) is 6.59. The Morgan fingerprint density at radius 1 is 1.12 bits per heavy atom. The summed E-state index contributed by atoms with van der Waals surface area (Å²) < 4.78 is 83.1. The number of halogens is 3. The fourth-order valence-corrected chi connectivity index (χ4v) is 6.26. The molecule has 14 heteroatoms. The van der Waals surface area contributed by atoms with E-state index in [4.69, 9.17) is 9.47 Å². The van der Waals surface area contributed by atoms with Crippen LogP contribution in [0.3, 0.4) is 0 Å². The second-order valence-electron chi connectivity index (χ2n) is 9.43. The zero-order valence-corrected chi connectivity index (χ0v) is 23.4. The maximum atomic E-state index is 15.3. The molecule has 1 atom stereocenters. The molecule has 1 aliphatic heterocycles. The number of aromatic nitrogens is 1. The first kappa shape index (κ1) is 29.8. The van der Waals surface area contributed by atoms with Gasteiger partial charge in [0.25, 0.3) is 0 Å². The largest absolute Gasteiger partial charge is 0.497 e. The van der Waals surface area contributed by atoms with E-state index >= 15 is 4.39 Å². The molecule has 1 unspecified atom stereocenters. The Kier molecular flexibility index (Phi) is 8.80. The summed E-state index contributed by atoms with van der Waals surface area (Å²) in [7, 11) is -0.129. The number of rotatable bonds is 10. The van der Waals surface area contributed by atoms with Crippen LogP contribution < -0.4 is 18.7 Å². The number of likely N-dealkylation sites (N-methyl/N-ethyl adjacent to an activating group) is 1. The van der Waals surface area contributed by atoms with Crippen LogP contribution in [0.4, 0.5) is 29.5 Å². The van der Waals surface area contributed by atoms with Crippen LogP contribution in [-0.2, 0) is 22.3 Å². The van der Waals surface area contributed by atoms with Crippen molar-refractivity contribution >= 4 is 27.6 Å². The summed E-state index contributed by atoms with van der Waals surface area (Å²) in [6.07, 6.45) is -0.745. The highest BCUT2D eigenvalue weighted by Gasteiger charge is 2.33. The fourth-order valence-electron chi connectivity index (χ4n) is 4.73. The summed E-state index contributed by atoms with van der Waals surface area (Å²) >= 11 is 0. The van der Waals surface area contributed by atoms with E-state index in [9.17, 15) is 27.1 Å². The van der Waals surface area contributed by atoms with Crippen LogP contribution in [0, 0.1) is 17.6 Å². The number of pyridine rings is 1. The molecule has 1 aliphatic rings. The molecule has 1 N–H and O–H groups in total.